The molecule has 2 aromatic rings. The second kappa shape index (κ2) is 6.24. The van der Waals surface area contributed by atoms with Crippen LogP contribution in [0.4, 0.5) is 0 Å². The third-order valence-corrected chi connectivity index (χ3v) is 3.62. The molecule has 0 amide bonds. The van der Waals surface area contributed by atoms with Crippen molar-refractivity contribution in [2.45, 2.75) is 12.8 Å². The van der Waals surface area contributed by atoms with Crippen molar-refractivity contribution >= 4 is 23.2 Å². The van der Waals surface area contributed by atoms with Gasteiger partial charge in [0.2, 0.25) is 0 Å². The average molecular weight is 280 g/mol. The molecule has 0 radical (unpaired) electrons. The Balaban J connectivity index is 2.20. The van der Waals surface area contributed by atoms with E-state index in [9.17, 15) is 0 Å². The van der Waals surface area contributed by atoms with E-state index in [2.05, 4.69) is 24.3 Å². The summed E-state index contributed by atoms with van der Waals surface area (Å²) in [5.74, 6) is 0. The molecule has 0 aliphatic rings. The zero-order chi connectivity index (χ0) is 13.0. The first-order valence-electron chi connectivity index (χ1n) is 5.95. The molecule has 2 N–H and O–H groups in total. The van der Waals surface area contributed by atoms with E-state index < -0.39 is 0 Å². The van der Waals surface area contributed by atoms with Gasteiger partial charge in [0.25, 0.3) is 0 Å². The molecule has 0 unspecified atom stereocenters. The summed E-state index contributed by atoms with van der Waals surface area (Å²) >= 11 is 11.9. The van der Waals surface area contributed by atoms with Crippen molar-refractivity contribution in [3.8, 4) is 11.1 Å². The van der Waals surface area contributed by atoms with Gasteiger partial charge in [0.15, 0.2) is 0 Å². The van der Waals surface area contributed by atoms with E-state index in [4.69, 9.17) is 28.9 Å². The first-order valence-corrected chi connectivity index (χ1v) is 6.71. The van der Waals surface area contributed by atoms with Crippen LogP contribution >= 0.6 is 23.2 Å². The Bertz CT molecular complexity index is 521. The molecule has 0 heterocycles. The van der Waals surface area contributed by atoms with E-state index in [0.29, 0.717) is 10.0 Å². The Morgan fingerprint density at radius 1 is 0.833 bits per heavy atom. The molecule has 0 spiro atoms. The van der Waals surface area contributed by atoms with Crippen LogP contribution in [0.25, 0.3) is 11.1 Å². The van der Waals surface area contributed by atoms with E-state index >= 15 is 0 Å². The van der Waals surface area contributed by atoms with Gasteiger partial charge in [0, 0.05) is 0 Å². The monoisotopic (exact) mass is 279 g/mol. The number of benzene rings is 2. The molecular formula is C15H15Cl2N. The molecule has 2 rings (SSSR count). The van der Waals surface area contributed by atoms with E-state index in [-0.39, 0.29) is 0 Å². The van der Waals surface area contributed by atoms with Crippen molar-refractivity contribution in [1.29, 1.82) is 0 Å². The fraction of sp³-hybridized carbons (Fsp3) is 0.200. The first kappa shape index (κ1) is 13.4. The van der Waals surface area contributed by atoms with Crippen LogP contribution in [0.15, 0.2) is 42.5 Å². The van der Waals surface area contributed by atoms with E-state index in [0.717, 1.165) is 30.5 Å². The van der Waals surface area contributed by atoms with Crippen LogP contribution in [0.5, 0.6) is 0 Å². The maximum atomic E-state index is 6.02. The minimum atomic E-state index is 0.583. The summed E-state index contributed by atoms with van der Waals surface area (Å²) in [6, 6.07) is 14.2. The summed E-state index contributed by atoms with van der Waals surface area (Å²) in [5, 5.41) is 1.17. The highest BCUT2D eigenvalue weighted by molar-refractivity contribution is 6.42. The van der Waals surface area contributed by atoms with Gasteiger partial charge in [-0.2, -0.15) is 0 Å². The van der Waals surface area contributed by atoms with Gasteiger partial charge in [-0.3, -0.25) is 0 Å². The molecular weight excluding hydrogens is 265 g/mol. The molecule has 18 heavy (non-hydrogen) atoms. The van der Waals surface area contributed by atoms with Gasteiger partial charge in [0.05, 0.1) is 10.0 Å². The highest BCUT2D eigenvalue weighted by Crippen LogP contribution is 2.28. The van der Waals surface area contributed by atoms with Crippen LogP contribution in [-0.4, -0.2) is 6.54 Å². The van der Waals surface area contributed by atoms with Crippen LogP contribution in [-0.2, 0) is 6.42 Å². The molecule has 0 aliphatic heterocycles. The molecule has 0 aliphatic carbocycles. The lowest BCUT2D eigenvalue weighted by molar-refractivity contribution is 0.833. The number of rotatable bonds is 4. The maximum Gasteiger partial charge on any atom is 0.0598 e. The SMILES string of the molecule is NCCCc1ccc(-c2ccc(Cl)c(Cl)c2)cc1. The lowest BCUT2D eigenvalue weighted by Crippen LogP contribution is -2.00. The Morgan fingerprint density at radius 2 is 1.50 bits per heavy atom. The second-order valence-corrected chi connectivity index (χ2v) is 5.03. The minimum Gasteiger partial charge on any atom is -0.330 e. The average Bonchev–Trinajstić information content (AvgIpc) is 2.40. The van der Waals surface area contributed by atoms with Gasteiger partial charge < -0.3 is 5.73 Å². The molecule has 1 nitrogen and oxygen atoms in total. The minimum absolute atomic E-state index is 0.583. The van der Waals surface area contributed by atoms with Crippen molar-refractivity contribution in [3.05, 3.63) is 58.1 Å². The fourth-order valence-electron chi connectivity index (χ4n) is 1.85. The number of hydrogen-bond donors (Lipinski definition) is 1. The van der Waals surface area contributed by atoms with Crippen LogP contribution < -0.4 is 5.73 Å². The fourth-order valence-corrected chi connectivity index (χ4v) is 2.14. The smallest absolute Gasteiger partial charge is 0.0598 e. The maximum absolute atomic E-state index is 6.02. The normalized spacial score (nSPS) is 10.6. The third-order valence-electron chi connectivity index (χ3n) is 2.88. The van der Waals surface area contributed by atoms with E-state index in [1.807, 2.05) is 18.2 Å². The van der Waals surface area contributed by atoms with Crippen molar-refractivity contribution in [3.63, 3.8) is 0 Å². The Labute approximate surface area is 118 Å². The van der Waals surface area contributed by atoms with Crippen molar-refractivity contribution in [2.75, 3.05) is 6.54 Å². The highest BCUT2D eigenvalue weighted by Gasteiger charge is 2.02. The Morgan fingerprint density at radius 3 is 2.11 bits per heavy atom. The van der Waals surface area contributed by atoms with E-state index in [1.165, 1.54) is 5.56 Å². The van der Waals surface area contributed by atoms with Crippen LogP contribution in [0.3, 0.4) is 0 Å². The van der Waals surface area contributed by atoms with Crippen LogP contribution in [0.1, 0.15) is 12.0 Å². The van der Waals surface area contributed by atoms with Gasteiger partial charge in [0.1, 0.15) is 0 Å². The topological polar surface area (TPSA) is 26.0 Å². The predicted octanol–water partition coefficient (Wildman–Crippen LogP) is 4.55. The molecule has 0 saturated heterocycles. The zero-order valence-electron chi connectivity index (χ0n) is 10.00. The van der Waals surface area contributed by atoms with Crippen molar-refractivity contribution in [2.24, 2.45) is 5.73 Å². The largest absolute Gasteiger partial charge is 0.330 e. The molecule has 0 atom stereocenters. The van der Waals surface area contributed by atoms with Gasteiger partial charge in [-0.1, -0.05) is 53.5 Å². The molecule has 0 saturated carbocycles. The van der Waals surface area contributed by atoms with Crippen LogP contribution in [0.2, 0.25) is 10.0 Å². The second-order valence-electron chi connectivity index (χ2n) is 4.22. The summed E-state index contributed by atoms with van der Waals surface area (Å²) in [6.07, 6.45) is 2.05. The molecule has 3 heteroatoms. The molecule has 2 aromatic carbocycles. The van der Waals surface area contributed by atoms with Gasteiger partial charge in [-0.15, -0.1) is 0 Å². The number of nitrogens with two attached hydrogens (primary N) is 1. The standard InChI is InChI=1S/C15H15Cl2N/c16-14-8-7-13(10-15(14)17)12-5-3-11(4-6-12)2-1-9-18/h3-8,10H,1-2,9,18H2. The molecule has 0 bridgehead atoms. The van der Waals surface area contributed by atoms with Gasteiger partial charge >= 0.3 is 0 Å². The lowest BCUT2D eigenvalue weighted by Gasteiger charge is -2.05. The summed E-state index contributed by atoms with van der Waals surface area (Å²) < 4.78 is 0. The summed E-state index contributed by atoms with van der Waals surface area (Å²) in [4.78, 5) is 0. The summed E-state index contributed by atoms with van der Waals surface area (Å²) in [7, 11) is 0. The number of halogens is 2. The van der Waals surface area contributed by atoms with E-state index in [1.54, 1.807) is 0 Å². The van der Waals surface area contributed by atoms with Crippen LogP contribution in [0, 0.1) is 0 Å². The quantitative estimate of drug-likeness (QED) is 0.873. The molecule has 94 valence electrons. The van der Waals surface area contributed by atoms with Crippen molar-refractivity contribution in [1.82, 2.24) is 0 Å². The number of aryl methyl sites for hydroxylation is 1. The van der Waals surface area contributed by atoms with Crippen molar-refractivity contribution < 1.29 is 0 Å². The molecule has 0 aromatic heterocycles. The summed E-state index contributed by atoms with van der Waals surface area (Å²) in [5.41, 5.74) is 9.03. The summed E-state index contributed by atoms with van der Waals surface area (Å²) in [6.45, 7) is 0.731. The van der Waals surface area contributed by atoms with Gasteiger partial charge in [-0.05, 0) is 48.2 Å². The zero-order valence-corrected chi connectivity index (χ0v) is 11.5. The molecule has 0 fully saturated rings. The predicted molar refractivity (Wildman–Crippen MR) is 79.3 cm³/mol. The highest BCUT2D eigenvalue weighted by atomic mass is 35.5. The van der Waals surface area contributed by atoms with Gasteiger partial charge in [-0.25, -0.2) is 0 Å². The first-order chi connectivity index (χ1) is 8.70. The lowest BCUT2D eigenvalue weighted by atomic mass is 10.0. The number of hydrogen-bond acceptors (Lipinski definition) is 1. The Hall–Kier alpha value is -1.02. The Kier molecular flexibility index (Phi) is 4.65. The third kappa shape index (κ3) is 3.26.